The number of aromatic nitrogens is 1. The molecule has 2 aromatic carbocycles. The minimum atomic E-state index is -2.58. The average molecular weight is 425 g/mol. The van der Waals surface area contributed by atoms with Crippen LogP contribution in [-0.4, -0.2) is 13.7 Å². The van der Waals surface area contributed by atoms with Gasteiger partial charge in [0.2, 0.25) is 0 Å². The third kappa shape index (κ3) is 4.48. The van der Waals surface area contributed by atoms with Crippen LogP contribution in [0.1, 0.15) is 11.5 Å². The number of aryl methyl sites for hydroxylation is 1. The van der Waals surface area contributed by atoms with Crippen molar-refractivity contribution >= 4 is 39.4 Å². The van der Waals surface area contributed by atoms with Gasteiger partial charge in [-0.05, 0) is 67.6 Å². The van der Waals surface area contributed by atoms with Gasteiger partial charge < -0.3 is 14.3 Å². The average Bonchev–Trinajstić information content (AvgIpc) is 3.16. The van der Waals surface area contributed by atoms with E-state index < -0.39 is 17.1 Å². The van der Waals surface area contributed by atoms with Gasteiger partial charge in [-0.3, -0.25) is 9.22 Å². The Kier molecular flexibility index (Phi) is 5.75. The minimum Gasteiger partial charge on any atom is -0.759 e. The molecule has 7 nitrogen and oxygen atoms in total. The first-order chi connectivity index (χ1) is 14.5. The van der Waals surface area contributed by atoms with Gasteiger partial charge in [0.25, 0.3) is 0 Å². The summed E-state index contributed by atoms with van der Waals surface area (Å²) in [6, 6.07) is 18.3. The van der Waals surface area contributed by atoms with Gasteiger partial charge in [0, 0.05) is 16.7 Å². The van der Waals surface area contributed by atoms with Crippen LogP contribution in [0.3, 0.4) is 0 Å². The van der Waals surface area contributed by atoms with Crippen molar-refractivity contribution in [3.63, 3.8) is 0 Å². The van der Waals surface area contributed by atoms with Crippen LogP contribution in [0.25, 0.3) is 10.9 Å². The van der Waals surface area contributed by atoms with Gasteiger partial charge >= 0.3 is 0 Å². The van der Waals surface area contributed by atoms with Crippen molar-refractivity contribution in [3.8, 4) is 0 Å². The SMILES string of the molecule is Cc1ccc(CNc2ccc3c(N(NS(=O)[O-])c4ccc(F)cc4)cccc3n2)o1. The van der Waals surface area contributed by atoms with Crippen LogP contribution in [0.4, 0.5) is 21.6 Å². The molecule has 0 aliphatic rings. The predicted molar refractivity (Wildman–Crippen MR) is 113 cm³/mol. The Hall–Kier alpha value is -3.27. The quantitative estimate of drug-likeness (QED) is 0.338. The zero-order valence-corrected chi connectivity index (χ0v) is 16.8. The van der Waals surface area contributed by atoms with Gasteiger partial charge in [-0.15, -0.1) is 0 Å². The zero-order chi connectivity index (χ0) is 21.1. The molecule has 0 amide bonds. The number of pyridine rings is 1. The lowest BCUT2D eigenvalue weighted by molar-refractivity contribution is 0.490. The molecular weight excluding hydrogens is 407 g/mol. The van der Waals surface area contributed by atoms with Gasteiger partial charge in [-0.25, -0.2) is 9.37 Å². The van der Waals surface area contributed by atoms with Crippen molar-refractivity contribution in [2.75, 3.05) is 10.3 Å². The van der Waals surface area contributed by atoms with Crippen molar-refractivity contribution in [3.05, 3.63) is 84.1 Å². The second kappa shape index (κ2) is 8.62. The Morgan fingerprint density at radius 3 is 2.60 bits per heavy atom. The number of halogens is 1. The first-order valence-electron chi connectivity index (χ1n) is 9.10. The molecular formula is C21H18FN4O3S-. The highest BCUT2D eigenvalue weighted by atomic mass is 32.2. The number of nitrogens with one attached hydrogen (secondary N) is 2. The van der Waals surface area contributed by atoms with E-state index in [0.29, 0.717) is 29.3 Å². The molecule has 154 valence electrons. The third-order valence-corrected chi connectivity index (χ3v) is 4.77. The molecule has 0 fully saturated rings. The van der Waals surface area contributed by atoms with Crippen LogP contribution >= 0.6 is 0 Å². The highest BCUT2D eigenvalue weighted by molar-refractivity contribution is 7.77. The number of hydrogen-bond acceptors (Lipinski definition) is 6. The molecule has 2 aromatic heterocycles. The van der Waals surface area contributed by atoms with Crippen molar-refractivity contribution in [2.24, 2.45) is 0 Å². The summed E-state index contributed by atoms with van der Waals surface area (Å²) in [6.07, 6.45) is 0. The first-order valence-corrected chi connectivity index (χ1v) is 10.2. The van der Waals surface area contributed by atoms with E-state index >= 15 is 0 Å². The number of hydrazine groups is 1. The van der Waals surface area contributed by atoms with E-state index in [0.717, 1.165) is 16.9 Å². The predicted octanol–water partition coefficient (Wildman–Crippen LogP) is 4.32. The highest BCUT2D eigenvalue weighted by Crippen LogP contribution is 2.31. The fourth-order valence-corrected chi connectivity index (χ4v) is 3.45. The van der Waals surface area contributed by atoms with Gasteiger partial charge in [-0.1, -0.05) is 6.07 Å². The molecule has 4 rings (SSSR count). The molecule has 0 spiro atoms. The Morgan fingerprint density at radius 1 is 1.10 bits per heavy atom. The van der Waals surface area contributed by atoms with Gasteiger partial charge in [0.05, 0.1) is 23.4 Å². The summed E-state index contributed by atoms with van der Waals surface area (Å²) in [7, 11) is 0. The summed E-state index contributed by atoms with van der Waals surface area (Å²) in [4.78, 5) is 6.97. The molecule has 0 saturated heterocycles. The standard InChI is InChI=1S/C21H19FN4O3S/c1-14-5-10-17(29-14)13-23-21-12-11-18-19(24-21)3-2-4-20(18)26(25-30(27)28)16-8-6-15(22)7-9-16/h2-12,25H,13H2,1H3,(H,23,24)(H,27,28)/p-1. The maximum atomic E-state index is 13.3. The normalized spacial score (nSPS) is 12.1. The molecule has 9 heteroatoms. The van der Waals surface area contributed by atoms with Crippen LogP contribution in [0.15, 0.2) is 71.1 Å². The number of rotatable bonds is 7. The lowest BCUT2D eigenvalue weighted by atomic mass is 10.1. The summed E-state index contributed by atoms with van der Waals surface area (Å²) >= 11 is -2.58. The first kappa shape index (κ1) is 20.0. The van der Waals surface area contributed by atoms with Crippen molar-refractivity contribution in [1.29, 1.82) is 0 Å². The van der Waals surface area contributed by atoms with E-state index in [-0.39, 0.29) is 0 Å². The monoisotopic (exact) mass is 425 g/mol. The Labute approximate surface area is 174 Å². The van der Waals surface area contributed by atoms with E-state index in [1.165, 1.54) is 29.3 Å². The largest absolute Gasteiger partial charge is 0.759 e. The van der Waals surface area contributed by atoms with Gasteiger partial charge in [0.1, 0.15) is 23.2 Å². The third-order valence-electron chi connectivity index (χ3n) is 4.44. The Morgan fingerprint density at radius 2 is 1.90 bits per heavy atom. The summed E-state index contributed by atoms with van der Waals surface area (Å²) in [5, 5.41) is 5.30. The lowest BCUT2D eigenvalue weighted by Crippen LogP contribution is -2.35. The second-order valence-corrected chi connectivity index (χ2v) is 7.20. The molecule has 4 aromatic rings. The Balaban J connectivity index is 1.67. The topological polar surface area (TPSA) is 93.5 Å². The van der Waals surface area contributed by atoms with Gasteiger partial charge in [-0.2, -0.15) is 4.83 Å². The number of furan rings is 1. The van der Waals surface area contributed by atoms with Crippen molar-refractivity contribution < 1.29 is 17.6 Å². The molecule has 0 aliphatic heterocycles. The summed E-state index contributed by atoms with van der Waals surface area (Å²) in [6.45, 7) is 2.37. The van der Waals surface area contributed by atoms with Crippen LogP contribution in [0, 0.1) is 12.7 Å². The van der Waals surface area contributed by atoms with Gasteiger partial charge in [0.15, 0.2) is 0 Å². The van der Waals surface area contributed by atoms with Crippen LogP contribution < -0.4 is 15.2 Å². The van der Waals surface area contributed by atoms with E-state index in [1.807, 2.05) is 31.2 Å². The van der Waals surface area contributed by atoms with E-state index in [4.69, 9.17) is 4.42 Å². The van der Waals surface area contributed by atoms with Crippen LogP contribution in [0.2, 0.25) is 0 Å². The number of hydrogen-bond donors (Lipinski definition) is 2. The van der Waals surface area contributed by atoms with Crippen LogP contribution in [0.5, 0.6) is 0 Å². The molecule has 1 atom stereocenters. The molecule has 0 aliphatic carbocycles. The number of anilines is 3. The molecule has 0 saturated carbocycles. The molecule has 0 radical (unpaired) electrons. The zero-order valence-electron chi connectivity index (χ0n) is 16.0. The molecule has 0 bridgehead atoms. The summed E-state index contributed by atoms with van der Waals surface area (Å²) in [5.74, 6) is 1.88. The molecule has 1 unspecified atom stereocenters. The summed E-state index contributed by atoms with van der Waals surface area (Å²) in [5.41, 5.74) is 1.69. The molecule has 30 heavy (non-hydrogen) atoms. The van der Waals surface area contributed by atoms with E-state index in [9.17, 15) is 13.2 Å². The summed E-state index contributed by atoms with van der Waals surface area (Å²) < 4.78 is 41.6. The van der Waals surface area contributed by atoms with Crippen molar-refractivity contribution in [2.45, 2.75) is 13.5 Å². The number of benzene rings is 2. The molecule has 2 N–H and O–H groups in total. The maximum Gasteiger partial charge on any atom is 0.127 e. The van der Waals surface area contributed by atoms with E-state index in [1.54, 1.807) is 18.2 Å². The highest BCUT2D eigenvalue weighted by Gasteiger charge is 2.14. The Bertz CT molecular complexity index is 1200. The smallest absolute Gasteiger partial charge is 0.127 e. The second-order valence-electron chi connectivity index (χ2n) is 6.54. The van der Waals surface area contributed by atoms with Crippen LogP contribution in [-0.2, 0) is 17.8 Å². The molecule has 2 heterocycles. The number of fused-ring (bicyclic) bond motifs is 1. The fraction of sp³-hybridized carbons (Fsp3) is 0.0952. The van der Waals surface area contributed by atoms with E-state index in [2.05, 4.69) is 15.1 Å². The number of nitrogens with zero attached hydrogens (tertiary/aromatic N) is 2. The minimum absolute atomic E-state index is 0.413. The lowest BCUT2D eigenvalue weighted by Gasteiger charge is -2.27. The van der Waals surface area contributed by atoms with Crippen molar-refractivity contribution in [1.82, 2.24) is 9.82 Å². The maximum absolute atomic E-state index is 13.3. The fourth-order valence-electron chi connectivity index (χ4n) is 3.10.